The van der Waals surface area contributed by atoms with Crippen LogP contribution in [0, 0.1) is 17.8 Å². The molecule has 2 saturated heterocycles. The molecule has 0 radical (unpaired) electrons. The van der Waals surface area contributed by atoms with Gasteiger partial charge in [0.2, 0.25) is 17.7 Å². The summed E-state index contributed by atoms with van der Waals surface area (Å²) >= 11 is 0. The lowest BCUT2D eigenvalue weighted by molar-refractivity contribution is -0.143. The fourth-order valence-electron chi connectivity index (χ4n) is 6.48. The van der Waals surface area contributed by atoms with Gasteiger partial charge in [0.05, 0.1) is 25.0 Å². The smallest absolute Gasteiger partial charge is 0.246 e. The Kier molecular flexibility index (Phi) is 6.11. The van der Waals surface area contributed by atoms with Crippen molar-refractivity contribution in [1.82, 2.24) is 10.2 Å². The lowest BCUT2D eigenvalue weighted by atomic mass is 9.74. The van der Waals surface area contributed by atoms with Crippen LogP contribution >= 0.6 is 0 Å². The molecule has 2 N–H and O–H groups in total. The van der Waals surface area contributed by atoms with Gasteiger partial charge in [-0.05, 0) is 44.7 Å². The topological polar surface area (TPSA) is 97.0 Å². The maximum absolute atomic E-state index is 13.8. The van der Waals surface area contributed by atoms with Gasteiger partial charge >= 0.3 is 0 Å². The number of nitrogens with one attached hydrogen (secondary N) is 2. The van der Waals surface area contributed by atoms with E-state index in [-0.39, 0.29) is 29.8 Å². The molecule has 5 rings (SSSR count). The van der Waals surface area contributed by atoms with Crippen molar-refractivity contribution in [1.29, 1.82) is 0 Å². The third-order valence-electron chi connectivity index (χ3n) is 8.20. The second-order valence-corrected chi connectivity index (χ2v) is 10.6. The zero-order chi connectivity index (χ0) is 24.9. The summed E-state index contributed by atoms with van der Waals surface area (Å²) < 4.78 is 11.6. The first kappa shape index (κ1) is 23.9. The van der Waals surface area contributed by atoms with E-state index in [1.807, 2.05) is 26.0 Å². The Morgan fingerprint density at radius 2 is 1.97 bits per heavy atom. The van der Waals surface area contributed by atoms with Crippen LogP contribution in [-0.4, -0.2) is 59.6 Å². The van der Waals surface area contributed by atoms with Gasteiger partial charge < -0.3 is 25.0 Å². The summed E-state index contributed by atoms with van der Waals surface area (Å²) in [5.74, 6) is -1.12. The summed E-state index contributed by atoms with van der Waals surface area (Å²) in [6.45, 7) is 5.98. The van der Waals surface area contributed by atoms with Crippen molar-refractivity contribution in [3.8, 4) is 5.75 Å². The number of carbonyl (C=O) groups is 3. The second kappa shape index (κ2) is 8.97. The molecule has 7 atom stereocenters. The maximum atomic E-state index is 13.8. The molecular weight excluding hydrogens is 446 g/mol. The quantitative estimate of drug-likeness (QED) is 0.609. The van der Waals surface area contributed by atoms with Crippen LogP contribution in [0.4, 0.5) is 5.69 Å². The number of hydrogen-bond acceptors (Lipinski definition) is 5. The first-order chi connectivity index (χ1) is 16.8. The van der Waals surface area contributed by atoms with Gasteiger partial charge in [0, 0.05) is 23.8 Å². The minimum absolute atomic E-state index is 0.0885. The van der Waals surface area contributed by atoms with Gasteiger partial charge in [-0.15, -0.1) is 0 Å². The molecule has 0 unspecified atom stereocenters. The molecule has 1 aromatic rings. The van der Waals surface area contributed by atoms with E-state index in [9.17, 15) is 14.4 Å². The average molecular weight is 482 g/mol. The van der Waals surface area contributed by atoms with E-state index in [0.717, 1.165) is 19.3 Å². The van der Waals surface area contributed by atoms with Crippen molar-refractivity contribution in [2.24, 2.45) is 17.8 Å². The van der Waals surface area contributed by atoms with Crippen LogP contribution in [-0.2, 0) is 19.1 Å². The summed E-state index contributed by atoms with van der Waals surface area (Å²) in [4.78, 5) is 42.6. The molecule has 3 heterocycles. The fraction of sp³-hybridized carbons (Fsp3) is 0.593. The van der Waals surface area contributed by atoms with Crippen molar-refractivity contribution in [2.45, 2.75) is 76.3 Å². The molecule has 188 valence electrons. The third-order valence-corrected chi connectivity index (χ3v) is 8.20. The van der Waals surface area contributed by atoms with Crippen LogP contribution in [0.1, 0.15) is 46.5 Å². The highest BCUT2D eigenvalue weighted by Crippen LogP contribution is 2.55. The molecule has 1 aliphatic carbocycles. The Labute approximate surface area is 206 Å². The summed E-state index contributed by atoms with van der Waals surface area (Å²) in [7, 11) is 1.57. The molecule has 3 amide bonds. The third kappa shape index (κ3) is 3.82. The number of amides is 3. The molecule has 4 aliphatic rings. The zero-order valence-corrected chi connectivity index (χ0v) is 20.8. The van der Waals surface area contributed by atoms with Crippen molar-refractivity contribution < 1.29 is 23.9 Å². The molecule has 2 bridgehead atoms. The number of benzene rings is 1. The predicted molar refractivity (Wildman–Crippen MR) is 131 cm³/mol. The molecule has 0 aromatic heterocycles. The SMILES string of the molecule is COc1cccc(NC(=O)[C@H]2[C@H]3C=C[C@@]4(O3)[C@H]2C(=O)N(C(C)C)[C@@H]4C(=O)N[C@@H]2CCCC[C@@H]2C)c1. The molecule has 8 heteroatoms. The highest BCUT2D eigenvalue weighted by atomic mass is 16.5. The molecule has 8 nitrogen and oxygen atoms in total. The molecule has 3 fully saturated rings. The molecular formula is C27H35N3O5. The van der Waals surface area contributed by atoms with E-state index in [0.29, 0.717) is 17.4 Å². The summed E-state index contributed by atoms with van der Waals surface area (Å²) in [6, 6.07) is 6.18. The van der Waals surface area contributed by atoms with E-state index in [1.54, 1.807) is 36.3 Å². The van der Waals surface area contributed by atoms with Crippen LogP contribution in [0.15, 0.2) is 36.4 Å². The number of nitrogens with zero attached hydrogens (tertiary/aromatic N) is 1. The largest absolute Gasteiger partial charge is 0.497 e. The van der Waals surface area contributed by atoms with E-state index >= 15 is 0 Å². The first-order valence-corrected chi connectivity index (χ1v) is 12.7. The van der Waals surface area contributed by atoms with Crippen LogP contribution in [0.25, 0.3) is 0 Å². The number of fused-ring (bicyclic) bond motifs is 1. The standard InChI is InChI=1S/C27H35N3O5/c1-15(2)30-23(25(32)29-19-11-6-5-8-16(19)3)27-13-12-20(35-27)21(22(27)26(30)33)24(31)28-17-9-7-10-18(14-17)34-4/h7,9-10,12-16,19-23H,5-6,8,11H2,1-4H3,(H,28,31)(H,29,32)/t16-,19+,20+,21-,22+,23+,27+/m0/s1. The Hall–Kier alpha value is -2.87. The molecule has 3 aliphatic heterocycles. The van der Waals surface area contributed by atoms with Crippen molar-refractivity contribution in [3.05, 3.63) is 36.4 Å². The van der Waals surface area contributed by atoms with Crippen LogP contribution in [0.2, 0.25) is 0 Å². The van der Waals surface area contributed by atoms with Crippen LogP contribution < -0.4 is 15.4 Å². The minimum Gasteiger partial charge on any atom is -0.497 e. The van der Waals surface area contributed by atoms with Gasteiger partial charge in [-0.3, -0.25) is 14.4 Å². The fourth-order valence-corrected chi connectivity index (χ4v) is 6.48. The van der Waals surface area contributed by atoms with E-state index in [4.69, 9.17) is 9.47 Å². The second-order valence-electron chi connectivity index (χ2n) is 10.6. The first-order valence-electron chi connectivity index (χ1n) is 12.7. The van der Waals surface area contributed by atoms with Gasteiger partial charge in [-0.25, -0.2) is 0 Å². The molecule has 35 heavy (non-hydrogen) atoms. The van der Waals surface area contributed by atoms with Crippen LogP contribution in [0.3, 0.4) is 0 Å². The normalized spacial score (nSPS) is 35.3. The zero-order valence-electron chi connectivity index (χ0n) is 20.8. The summed E-state index contributed by atoms with van der Waals surface area (Å²) in [6.07, 6.45) is 7.44. The van der Waals surface area contributed by atoms with Gasteiger partial charge in [0.1, 0.15) is 17.4 Å². The minimum atomic E-state index is -1.13. The predicted octanol–water partition coefficient (Wildman–Crippen LogP) is 2.89. The van der Waals surface area contributed by atoms with E-state index in [1.165, 1.54) is 6.42 Å². The number of methoxy groups -OCH3 is 1. The molecule has 1 spiro atoms. The Balaban J connectivity index is 1.43. The maximum Gasteiger partial charge on any atom is 0.246 e. The lowest BCUT2D eigenvalue weighted by Gasteiger charge is -2.37. The number of anilines is 1. The van der Waals surface area contributed by atoms with Gasteiger partial charge in [0.15, 0.2) is 0 Å². The number of carbonyl (C=O) groups excluding carboxylic acids is 3. The molecule has 1 aromatic carbocycles. The number of rotatable bonds is 6. The van der Waals surface area contributed by atoms with E-state index < -0.39 is 29.6 Å². The summed E-state index contributed by atoms with van der Waals surface area (Å²) in [5, 5.41) is 6.17. The monoisotopic (exact) mass is 481 g/mol. The number of hydrogen-bond donors (Lipinski definition) is 2. The van der Waals surface area contributed by atoms with Crippen molar-refractivity contribution >= 4 is 23.4 Å². The lowest BCUT2D eigenvalue weighted by Crippen LogP contribution is -2.58. The highest BCUT2D eigenvalue weighted by molar-refractivity contribution is 6.03. The van der Waals surface area contributed by atoms with Gasteiger partial charge in [0.25, 0.3) is 0 Å². The van der Waals surface area contributed by atoms with Crippen molar-refractivity contribution in [3.63, 3.8) is 0 Å². The number of likely N-dealkylation sites (tertiary alicyclic amines) is 1. The Morgan fingerprint density at radius 1 is 1.20 bits per heavy atom. The van der Waals surface area contributed by atoms with Gasteiger partial charge in [-0.2, -0.15) is 0 Å². The van der Waals surface area contributed by atoms with E-state index in [2.05, 4.69) is 17.6 Å². The molecule has 1 saturated carbocycles. The summed E-state index contributed by atoms with van der Waals surface area (Å²) in [5.41, 5.74) is -0.549. The highest BCUT2D eigenvalue weighted by Gasteiger charge is 2.73. The van der Waals surface area contributed by atoms with Crippen LogP contribution in [0.5, 0.6) is 5.75 Å². The number of ether oxygens (including phenoxy) is 2. The van der Waals surface area contributed by atoms with Gasteiger partial charge in [-0.1, -0.05) is 38.0 Å². The van der Waals surface area contributed by atoms with Crippen molar-refractivity contribution in [2.75, 3.05) is 12.4 Å². The Morgan fingerprint density at radius 3 is 2.69 bits per heavy atom. The average Bonchev–Trinajstić information content (AvgIpc) is 3.48. The Bertz CT molecular complexity index is 1060.